The first kappa shape index (κ1) is 22.8. The molecule has 0 amide bonds. The number of piperazine rings is 1. The molecule has 1 unspecified atom stereocenters. The third-order valence-corrected chi connectivity index (χ3v) is 6.24. The molecule has 1 saturated heterocycles. The van der Waals surface area contributed by atoms with Crippen LogP contribution in [0.4, 0.5) is 15.8 Å². The lowest BCUT2D eigenvalue weighted by Gasteiger charge is -2.34. The Labute approximate surface area is 199 Å². The quantitative estimate of drug-likeness (QED) is 0.399. The number of hydrogen-bond donors (Lipinski definition) is 3. The largest absolute Gasteiger partial charge is 0.397 e. The number of carbonyl (C=O) groups excluding carboxylic acids is 1. The van der Waals surface area contributed by atoms with Crippen molar-refractivity contribution >= 4 is 39.3 Å². The van der Waals surface area contributed by atoms with Crippen molar-refractivity contribution in [3.63, 3.8) is 0 Å². The number of fused-ring (bicyclic) bond motifs is 2. The zero-order chi connectivity index (χ0) is 24.9. The molecule has 2 aromatic heterocycles. The van der Waals surface area contributed by atoms with Crippen molar-refractivity contribution in [3.05, 3.63) is 52.6 Å². The van der Waals surface area contributed by atoms with Gasteiger partial charge in [-0.2, -0.15) is 0 Å². The van der Waals surface area contributed by atoms with Crippen LogP contribution in [0.3, 0.4) is 0 Å². The molecule has 0 saturated carbocycles. The summed E-state index contributed by atoms with van der Waals surface area (Å²) in [5.41, 5.74) is 7.44. The number of aromatic amines is 1. The molecule has 1 atom stereocenters. The average molecular weight is 481 g/mol. The maximum absolute atomic E-state index is 14.8. The van der Waals surface area contributed by atoms with Gasteiger partial charge >= 0.3 is 5.97 Å². The molecule has 10 nitrogen and oxygen atoms in total. The third-order valence-electron chi connectivity index (χ3n) is 6.24. The van der Waals surface area contributed by atoms with E-state index in [4.69, 9.17) is 10.6 Å². The van der Waals surface area contributed by atoms with E-state index in [0.717, 1.165) is 31.9 Å². The summed E-state index contributed by atoms with van der Waals surface area (Å²) in [6.07, 6.45) is -1.49. The molecule has 2 aromatic carbocycles. The van der Waals surface area contributed by atoms with Gasteiger partial charge in [0.25, 0.3) is 5.56 Å². The number of pyridine rings is 1. The third kappa shape index (κ3) is 3.98. The van der Waals surface area contributed by atoms with Gasteiger partial charge in [0.15, 0.2) is 6.10 Å². The fourth-order valence-corrected chi connectivity index (χ4v) is 4.26. The highest BCUT2D eigenvalue weighted by atomic mass is 19.1. The topological polar surface area (TPSA) is 130 Å². The maximum Gasteiger partial charge on any atom is 0.360 e. The molecule has 4 aromatic rings. The van der Waals surface area contributed by atoms with Crippen LogP contribution in [0.25, 0.3) is 33.3 Å². The fraction of sp³-hybridized carbons (Fsp3) is 0.292. The van der Waals surface area contributed by atoms with E-state index in [-0.39, 0.29) is 28.0 Å². The summed E-state index contributed by atoms with van der Waals surface area (Å²) >= 11 is 0. The minimum atomic E-state index is -1.49. The summed E-state index contributed by atoms with van der Waals surface area (Å²) in [5.74, 6) is -1.66. The number of benzene rings is 2. The Bertz CT molecular complexity index is 1500. The highest BCUT2D eigenvalue weighted by Gasteiger charge is 2.24. The number of hydrogen-bond acceptors (Lipinski definition) is 8. The minimum Gasteiger partial charge on any atom is -0.397 e. The normalized spacial score (nSPS) is 15.6. The number of anilines is 2. The van der Waals surface area contributed by atoms with Crippen molar-refractivity contribution in [2.24, 2.45) is 0 Å². The second-order valence-electron chi connectivity index (χ2n) is 8.69. The van der Waals surface area contributed by atoms with E-state index in [1.165, 1.54) is 25.1 Å². The van der Waals surface area contributed by atoms with E-state index in [1.807, 2.05) is 18.2 Å². The van der Waals surface area contributed by atoms with Crippen LogP contribution in [0.15, 0.2) is 41.2 Å². The number of aliphatic hydroxyl groups excluding tert-OH is 1. The number of rotatable bonds is 4. The molecule has 4 N–H and O–H groups in total. The van der Waals surface area contributed by atoms with E-state index in [9.17, 15) is 19.1 Å². The van der Waals surface area contributed by atoms with Crippen molar-refractivity contribution in [2.45, 2.75) is 13.0 Å². The lowest BCUT2D eigenvalue weighted by atomic mass is 10.1. The standard InChI is InChI=1S/C24H25FN6O4/c1-13(32)24(34)35-31-18-5-3-4-15(25)19(18)21(26)20(23(31)33)22-27-16-7-6-14(12-17(16)28-22)30-10-8-29(2)9-11-30/h3-7,12-13,32H,8-11,26H2,1-2H3,(H,27,28). The Hall–Kier alpha value is -3.96. The van der Waals surface area contributed by atoms with Crippen molar-refractivity contribution in [1.29, 1.82) is 0 Å². The minimum absolute atomic E-state index is 0.0429. The van der Waals surface area contributed by atoms with Crippen LogP contribution in [0.2, 0.25) is 0 Å². The molecule has 0 radical (unpaired) electrons. The van der Waals surface area contributed by atoms with Crippen LogP contribution in [0, 0.1) is 5.82 Å². The number of nitrogens with one attached hydrogen (secondary N) is 1. The molecule has 5 rings (SSSR count). The van der Waals surface area contributed by atoms with Gasteiger partial charge in [0.1, 0.15) is 17.2 Å². The second-order valence-corrected chi connectivity index (χ2v) is 8.69. The van der Waals surface area contributed by atoms with Crippen molar-refractivity contribution in [2.75, 3.05) is 43.9 Å². The first-order valence-electron chi connectivity index (χ1n) is 11.2. The number of nitrogens with zero attached hydrogens (tertiary/aromatic N) is 4. The Morgan fingerprint density at radius 3 is 2.69 bits per heavy atom. The number of halogens is 1. The fourth-order valence-electron chi connectivity index (χ4n) is 4.26. The summed E-state index contributed by atoms with van der Waals surface area (Å²) in [4.78, 5) is 42.8. The molecule has 1 fully saturated rings. The van der Waals surface area contributed by atoms with Gasteiger partial charge in [0.05, 0.1) is 27.6 Å². The number of carbonyl (C=O) groups is 1. The number of aromatic nitrogens is 3. The summed E-state index contributed by atoms with van der Waals surface area (Å²) in [6.45, 7) is 4.89. The number of nitrogens with two attached hydrogens (primary N) is 1. The molecule has 0 aliphatic carbocycles. The first-order chi connectivity index (χ1) is 16.7. The van der Waals surface area contributed by atoms with E-state index in [0.29, 0.717) is 15.8 Å². The van der Waals surface area contributed by atoms with Crippen LogP contribution in [0.5, 0.6) is 0 Å². The van der Waals surface area contributed by atoms with Crippen LogP contribution < -0.4 is 21.0 Å². The van der Waals surface area contributed by atoms with Crippen molar-refractivity contribution in [1.82, 2.24) is 19.6 Å². The van der Waals surface area contributed by atoms with E-state index in [1.54, 1.807) is 0 Å². The summed E-state index contributed by atoms with van der Waals surface area (Å²) in [5, 5.41) is 9.47. The highest BCUT2D eigenvalue weighted by Crippen LogP contribution is 2.31. The van der Waals surface area contributed by atoms with E-state index in [2.05, 4.69) is 26.8 Å². The zero-order valence-corrected chi connectivity index (χ0v) is 19.3. The Kier molecular flexibility index (Phi) is 5.65. The molecule has 1 aliphatic heterocycles. The maximum atomic E-state index is 14.8. The number of nitrogen functional groups attached to an aromatic ring is 1. The van der Waals surface area contributed by atoms with Crippen molar-refractivity contribution < 1.29 is 19.1 Å². The van der Waals surface area contributed by atoms with Gasteiger partial charge in [-0.3, -0.25) is 4.79 Å². The molecule has 1 aliphatic rings. The van der Waals surface area contributed by atoms with Crippen LogP contribution in [0.1, 0.15) is 6.92 Å². The zero-order valence-electron chi connectivity index (χ0n) is 19.3. The molecule has 0 bridgehead atoms. The lowest BCUT2D eigenvalue weighted by molar-refractivity contribution is -0.152. The highest BCUT2D eigenvalue weighted by molar-refractivity contribution is 5.99. The number of aliphatic hydroxyl groups is 1. The molecule has 0 spiro atoms. The predicted molar refractivity (Wildman–Crippen MR) is 131 cm³/mol. The van der Waals surface area contributed by atoms with Gasteiger partial charge < -0.3 is 30.5 Å². The Morgan fingerprint density at radius 1 is 1.23 bits per heavy atom. The van der Waals surface area contributed by atoms with Crippen molar-refractivity contribution in [3.8, 4) is 11.4 Å². The summed E-state index contributed by atoms with van der Waals surface area (Å²) < 4.78 is 15.5. The molecule has 3 heterocycles. The average Bonchev–Trinajstić information content (AvgIpc) is 3.24. The SMILES string of the molecule is CC(O)C(=O)On1c(=O)c(-c2nc3ccc(N4CCN(C)CC4)cc3[nH]2)c(N)c2c(F)cccc21. The molecular weight excluding hydrogens is 455 g/mol. The smallest absolute Gasteiger partial charge is 0.360 e. The Balaban J connectivity index is 1.66. The van der Waals surface area contributed by atoms with Gasteiger partial charge in [-0.25, -0.2) is 14.2 Å². The molecule has 35 heavy (non-hydrogen) atoms. The number of likely N-dealkylation sites (N-methyl/N-ethyl adjacent to an activating group) is 1. The van der Waals surface area contributed by atoms with Gasteiger partial charge in [-0.15, -0.1) is 4.73 Å². The van der Waals surface area contributed by atoms with Crippen LogP contribution in [-0.4, -0.2) is 70.0 Å². The lowest BCUT2D eigenvalue weighted by Crippen LogP contribution is -2.44. The van der Waals surface area contributed by atoms with E-state index < -0.39 is 23.4 Å². The first-order valence-corrected chi connectivity index (χ1v) is 11.2. The Morgan fingerprint density at radius 2 is 1.97 bits per heavy atom. The molecule has 11 heteroatoms. The second kappa shape index (κ2) is 8.67. The van der Waals surface area contributed by atoms with E-state index >= 15 is 0 Å². The molecule has 182 valence electrons. The number of H-pyrrole nitrogens is 1. The number of imidazole rings is 1. The van der Waals surface area contributed by atoms with Gasteiger partial charge in [-0.1, -0.05) is 6.07 Å². The molecular formula is C24H25FN6O4. The monoisotopic (exact) mass is 480 g/mol. The summed E-state index contributed by atoms with van der Waals surface area (Å²) in [7, 11) is 2.09. The van der Waals surface area contributed by atoms with Gasteiger partial charge in [0, 0.05) is 31.9 Å². The van der Waals surface area contributed by atoms with Crippen LogP contribution >= 0.6 is 0 Å². The van der Waals surface area contributed by atoms with Gasteiger partial charge in [0.2, 0.25) is 0 Å². The predicted octanol–water partition coefficient (Wildman–Crippen LogP) is 1.35. The summed E-state index contributed by atoms with van der Waals surface area (Å²) in [6, 6.07) is 9.70. The van der Waals surface area contributed by atoms with Gasteiger partial charge in [-0.05, 0) is 44.3 Å². The van der Waals surface area contributed by atoms with Crippen LogP contribution in [-0.2, 0) is 4.79 Å².